The van der Waals surface area contributed by atoms with Crippen LogP contribution < -0.4 is 15.8 Å². The molecule has 1 saturated heterocycles. The zero-order valence-electron chi connectivity index (χ0n) is 14.9. The van der Waals surface area contributed by atoms with Crippen LogP contribution in [0, 0.1) is 5.92 Å². The predicted molar refractivity (Wildman–Crippen MR) is 95.3 cm³/mol. The van der Waals surface area contributed by atoms with Gasteiger partial charge < -0.3 is 14.7 Å². The first-order chi connectivity index (χ1) is 12.6. The molecule has 2 aliphatic rings. The average Bonchev–Trinajstić information content (AvgIpc) is 3.29. The first-order valence-electron chi connectivity index (χ1n) is 9.16. The van der Waals surface area contributed by atoms with Gasteiger partial charge in [-0.25, -0.2) is 4.68 Å². The number of amides is 1. The number of fused-ring (bicyclic) bond motifs is 1. The fraction of sp³-hybridized carbons (Fsp3) is 0.556. The van der Waals surface area contributed by atoms with E-state index in [4.69, 9.17) is 4.52 Å². The molecule has 1 aliphatic carbocycles. The van der Waals surface area contributed by atoms with Crippen LogP contribution in [0.4, 0.5) is 5.69 Å². The minimum atomic E-state index is -0.148. The lowest BCUT2D eigenvalue weighted by molar-refractivity contribution is 0.0938. The molecule has 0 radical (unpaired) electrons. The first kappa shape index (κ1) is 16.8. The molecule has 0 unspecified atom stereocenters. The number of nitrogens with zero attached hydrogens (tertiary/aromatic N) is 4. The minimum Gasteiger partial charge on any atom is -0.370 e. The largest absolute Gasteiger partial charge is 0.370 e. The van der Waals surface area contributed by atoms with E-state index in [1.165, 1.54) is 4.68 Å². The van der Waals surface area contributed by atoms with Crippen molar-refractivity contribution in [2.24, 2.45) is 13.0 Å². The Morgan fingerprint density at radius 1 is 1.38 bits per heavy atom. The molecule has 0 aromatic carbocycles. The van der Waals surface area contributed by atoms with Gasteiger partial charge in [0.05, 0.1) is 11.9 Å². The van der Waals surface area contributed by atoms with E-state index in [0.717, 1.165) is 62.2 Å². The molecule has 138 valence electrons. The van der Waals surface area contributed by atoms with E-state index in [9.17, 15) is 9.59 Å². The van der Waals surface area contributed by atoms with Crippen LogP contribution in [0.1, 0.15) is 41.1 Å². The molecule has 8 nitrogen and oxygen atoms in total. The Morgan fingerprint density at radius 3 is 3.08 bits per heavy atom. The second kappa shape index (κ2) is 6.93. The van der Waals surface area contributed by atoms with Crippen molar-refractivity contribution in [2.45, 2.75) is 32.1 Å². The quantitative estimate of drug-likeness (QED) is 0.874. The Kier molecular flexibility index (Phi) is 4.48. The maximum absolute atomic E-state index is 12.5. The van der Waals surface area contributed by atoms with Crippen LogP contribution in [0.15, 0.2) is 21.6 Å². The van der Waals surface area contributed by atoms with Gasteiger partial charge in [-0.2, -0.15) is 5.10 Å². The van der Waals surface area contributed by atoms with Crippen LogP contribution in [0.25, 0.3) is 0 Å². The van der Waals surface area contributed by atoms with E-state index in [2.05, 4.69) is 20.5 Å². The highest BCUT2D eigenvalue weighted by Gasteiger charge is 2.27. The topological polar surface area (TPSA) is 93.3 Å². The third-order valence-electron chi connectivity index (χ3n) is 5.32. The number of rotatable bonds is 4. The Balaban J connectivity index is 1.34. The molecule has 0 bridgehead atoms. The number of carbonyl (C=O) groups is 1. The second-order valence-corrected chi connectivity index (χ2v) is 7.13. The molecule has 4 rings (SSSR count). The van der Waals surface area contributed by atoms with Crippen molar-refractivity contribution in [3.05, 3.63) is 39.6 Å². The van der Waals surface area contributed by atoms with Crippen LogP contribution in [0.3, 0.4) is 0 Å². The summed E-state index contributed by atoms with van der Waals surface area (Å²) in [7, 11) is 1.64. The average molecular weight is 357 g/mol. The summed E-state index contributed by atoms with van der Waals surface area (Å²) in [4.78, 5) is 26.4. The number of anilines is 1. The van der Waals surface area contributed by atoms with E-state index in [1.54, 1.807) is 19.3 Å². The zero-order valence-corrected chi connectivity index (χ0v) is 14.9. The number of hydrogen-bond donors (Lipinski definition) is 1. The molecular formula is C18H23N5O3. The summed E-state index contributed by atoms with van der Waals surface area (Å²) in [6.45, 7) is 2.25. The summed E-state index contributed by atoms with van der Waals surface area (Å²) in [5.41, 5.74) is 2.15. The molecule has 2 aromatic rings. The standard InChI is InChI=1S/C18H23N5O3/c1-22-16(24)8-13(10-20-22)23-7-6-12(11-23)9-19-18(25)17-14-4-2-3-5-15(14)26-21-17/h8,10,12H,2-7,9,11H2,1H3,(H,19,25)/t12-/m1/s1. The highest BCUT2D eigenvalue weighted by Crippen LogP contribution is 2.25. The van der Waals surface area contributed by atoms with Crippen molar-refractivity contribution in [3.8, 4) is 0 Å². The van der Waals surface area contributed by atoms with Crippen molar-refractivity contribution in [2.75, 3.05) is 24.5 Å². The molecule has 3 heterocycles. The van der Waals surface area contributed by atoms with Gasteiger partial charge in [-0.3, -0.25) is 9.59 Å². The predicted octanol–water partition coefficient (Wildman–Crippen LogP) is 0.903. The third kappa shape index (κ3) is 3.23. The maximum Gasteiger partial charge on any atom is 0.273 e. The van der Waals surface area contributed by atoms with Gasteiger partial charge in [0.25, 0.3) is 11.5 Å². The first-order valence-corrected chi connectivity index (χ1v) is 9.16. The zero-order chi connectivity index (χ0) is 18.1. The van der Waals surface area contributed by atoms with E-state index >= 15 is 0 Å². The third-order valence-corrected chi connectivity index (χ3v) is 5.32. The van der Waals surface area contributed by atoms with E-state index < -0.39 is 0 Å². The summed E-state index contributed by atoms with van der Waals surface area (Å²) in [5.74, 6) is 1.06. The van der Waals surface area contributed by atoms with Gasteiger partial charge in [0.2, 0.25) is 0 Å². The number of aromatic nitrogens is 3. The molecule has 1 aliphatic heterocycles. The van der Waals surface area contributed by atoms with Gasteiger partial charge in [0, 0.05) is 44.7 Å². The van der Waals surface area contributed by atoms with Crippen molar-refractivity contribution >= 4 is 11.6 Å². The minimum absolute atomic E-state index is 0.116. The van der Waals surface area contributed by atoms with Crippen LogP contribution in [-0.4, -0.2) is 40.5 Å². The Labute approximate surface area is 151 Å². The van der Waals surface area contributed by atoms with Gasteiger partial charge >= 0.3 is 0 Å². The number of aryl methyl sites for hydroxylation is 2. The molecule has 2 aromatic heterocycles. The van der Waals surface area contributed by atoms with Crippen LogP contribution in [-0.2, 0) is 19.9 Å². The Bertz CT molecular complexity index is 872. The maximum atomic E-state index is 12.5. The normalized spacial score (nSPS) is 19.4. The Morgan fingerprint density at radius 2 is 2.23 bits per heavy atom. The van der Waals surface area contributed by atoms with E-state index in [1.807, 2.05) is 0 Å². The Hall–Kier alpha value is -2.64. The highest BCUT2D eigenvalue weighted by atomic mass is 16.5. The fourth-order valence-electron chi connectivity index (χ4n) is 3.75. The lowest BCUT2D eigenvalue weighted by Gasteiger charge is -2.18. The van der Waals surface area contributed by atoms with Crippen molar-refractivity contribution in [1.29, 1.82) is 0 Å². The van der Waals surface area contributed by atoms with Crippen LogP contribution in [0.2, 0.25) is 0 Å². The van der Waals surface area contributed by atoms with Gasteiger partial charge in [-0.15, -0.1) is 0 Å². The fourth-order valence-corrected chi connectivity index (χ4v) is 3.75. The van der Waals surface area contributed by atoms with Crippen LogP contribution >= 0.6 is 0 Å². The molecule has 1 amide bonds. The molecule has 1 N–H and O–H groups in total. The summed E-state index contributed by atoms with van der Waals surface area (Å²) < 4.78 is 6.63. The van der Waals surface area contributed by atoms with E-state index in [0.29, 0.717) is 18.2 Å². The molecular weight excluding hydrogens is 334 g/mol. The smallest absolute Gasteiger partial charge is 0.273 e. The lowest BCUT2D eigenvalue weighted by atomic mass is 9.96. The molecule has 0 spiro atoms. The lowest BCUT2D eigenvalue weighted by Crippen LogP contribution is -2.32. The molecule has 26 heavy (non-hydrogen) atoms. The summed E-state index contributed by atoms with van der Waals surface area (Å²) >= 11 is 0. The van der Waals surface area contributed by atoms with Gasteiger partial charge in [0.1, 0.15) is 5.76 Å². The van der Waals surface area contributed by atoms with Crippen molar-refractivity contribution < 1.29 is 9.32 Å². The molecule has 1 atom stereocenters. The molecule has 1 fully saturated rings. The van der Waals surface area contributed by atoms with Crippen molar-refractivity contribution in [3.63, 3.8) is 0 Å². The molecule has 0 saturated carbocycles. The van der Waals surface area contributed by atoms with Gasteiger partial charge in [-0.1, -0.05) is 5.16 Å². The SMILES string of the molecule is Cn1ncc(N2CC[C@H](CNC(=O)c3noc4c3CCCC4)C2)cc1=O. The van der Waals surface area contributed by atoms with Crippen LogP contribution in [0.5, 0.6) is 0 Å². The van der Waals surface area contributed by atoms with Gasteiger partial charge in [0.15, 0.2) is 5.69 Å². The number of hydrogen-bond acceptors (Lipinski definition) is 6. The number of nitrogens with one attached hydrogen (secondary N) is 1. The van der Waals surface area contributed by atoms with Crippen molar-refractivity contribution in [1.82, 2.24) is 20.3 Å². The number of carbonyl (C=O) groups excluding carboxylic acids is 1. The van der Waals surface area contributed by atoms with Gasteiger partial charge in [-0.05, 0) is 31.6 Å². The summed E-state index contributed by atoms with van der Waals surface area (Å²) in [6.07, 6.45) is 6.60. The summed E-state index contributed by atoms with van der Waals surface area (Å²) in [6, 6.07) is 1.61. The molecule has 8 heteroatoms. The second-order valence-electron chi connectivity index (χ2n) is 7.13. The van der Waals surface area contributed by atoms with E-state index in [-0.39, 0.29) is 11.5 Å². The highest BCUT2D eigenvalue weighted by molar-refractivity contribution is 5.93. The monoisotopic (exact) mass is 357 g/mol. The summed E-state index contributed by atoms with van der Waals surface area (Å²) in [5, 5.41) is 11.1.